The molecule has 2 aromatic rings. The second-order valence-corrected chi connectivity index (χ2v) is 18.8. The van der Waals surface area contributed by atoms with Crippen molar-refractivity contribution in [2.75, 3.05) is 32.9 Å². The third-order valence-corrected chi connectivity index (χ3v) is 12.2. The number of aromatic nitrogens is 1. The largest absolute Gasteiger partial charge is 0.481 e. The van der Waals surface area contributed by atoms with Crippen LogP contribution in [0.3, 0.4) is 0 Å². The number of carboxylic acid groups (broad SMARTS) is 2. The molecule has 1 saturated heterocycles. The van der Waals surface area contributed by atoms with Crippen LogP contribution in [0.25, 0.3) is 10.9 Å². The monoisotopic (exact) mass is 869 g/mol. The standard InChI is InChI=1S/C43H63N7O10S/c1-24(2)30(20-25(3)37(56)46-28(21-34(54)55)38(57)45-17-18-50-32(51)22-31(40(50)59)61-19-16-33(52)53)49(11)41(60)36(42(4,5)6)47-39(58)35(44-9)43(7,8)27-23-48(10)29-15-13-12-14-26(27)29/h12-15,20,23-24,28,30-31,35-36,44H,16-19,21-22H2,1-11H3,(H,45,57)(H,46,56)(H,47,58)(H,52,53)(H,54,55)/b25-20+/t28-,30-,31?,35-,36-/m1/s1. The van der Waals surface area contributed by atoms with Crippen LogP contribution in [0, 0.1) is 11.3 Å². The summed E-state index contributed by atoms with van der Waals surface area (Å²) in [6.45, 7) is 14.3. The quantitative estimate of drug-likeness (QED) is 0.0784. The Kier molecular flexibility index (Phi) is 17.3. The van der Waals surface area contributed by atoms with E-state index in [1.807, 2.05) is 90.5 Å². The van der Waals surface area contributed by atoms with E-state index in [4.69, 9.17) is 5.11 Å². The lowest BCUT2D eigenvalue weighted by Gasteiger charge is -2.39. The van der Waals surface area contributed by atoms with Gasteiger partial charge in [0.15, 0.2) is 0 Å². The molecule has 0 radical (unpaired) electrons. The van der Waals surface area contributed by atoms with E-state index in [2.05, 4.69) is 21.3 Å². The number of hydrogen-bond acceptors (Lipinski definition) is 10. The number of thioether (sulfide) groups is 1. The molecule has 5 atom stereocenters. The summed E-state index contributed by atoms with van der Waals surface area (Å²) >= 11 is 1.07. The van der Waals surface area contributed by atoms with Gasteiger partial charge in [-0.2, -0.15) is 0 Å². The molecule has 0 spiro atoms. The van der Waals surface area contributed by atoms with Gasteiger partial charge in [-0.05, 0) is 36.9 Å². The number of likely N-dealkylation sites (N-methyl/N-ethyl adjacent to an activating group) is 2. The predicted octanol–water partition coefficient (Wildman–Crippen LogP) is 2.42. The van der Waals surface area contributed by atoms with E-state index >= 15 is 0 Å². The molecule has 0 aliphatic carbocycles. The molecule has 1 aromatic carbocycles. The molecule has 1 fully saturated rings. The Morgan fingerprint density at radius 1 is 0.967 bits per heavy atom. The average molecular weight is 870 g/mol. The number of aliphatic carboxylic acids is 2. The Bertz CT molecular complexity index is 2020. The minimum Gasteiger partial charge on any atom is -0.481 e. The average Bonchev–Trinajstić information content (AvgIpc) is 3.65. The highest BCUT2D eigenvalue weighted by molar-refractivity contribution is 8.00. The number of rotatable bonds is 21. The lowest BCUT2D eigenvalue weighted by molar-refractivity contribution is -0.141. The van der Waals surface area contributed by atoms with Crippen LogP contribution in [0.4, 0.5) is 0 Å². The predicted molar refractivity (Wildman–Crippen MR) is 232 cm³/mol. The number of carboxylic acids is 2. The number of carbonyl (C=O) groups is 8. The van der Waals surface area contributed by atoms with Crippen LogP contribution in [0.15, 0.2) is 42.1 Å². The molecule has 2 heterocycles. The normalized spacial score (nSPS) is 16.9. The van der Waals surface area contributed by atoms with E-state index < -0.39 is 88.1 Å². The third kappa shape index (κ3) is 12.7. The molecular formula is C43H63N7O10S. The molecule has 6 N–H and O–H groups in total. The molecule has 1 aliphatic rings. The summed E-state index contributed by atoms with van der Waals surface area (Å²) in [6.07, 6.45) is 2.54. The van der Waals surface area contributed by atoms with Gasteiger partial charge in [0.1, 0.15) is 12.1 Å². The Hall–Kier alpha value is -5.23. The summed E-state index contributed by atoms with van der Waals surface area (Å²) in [5, 5.41) is 29.9. The first-order valence-corrected chi connectivity index (χ1v) is 21.3. The first-order valence-electron chi connectivity index (χ1n) is 20.3. The highest BCUT2D eigenvalue weighted by atomic mass is 32.2. The second kappa shape index (κ2) is 21.0. The molecule has 17 nitrogen and oxygen atoms in total. The van der Waals surface area contributed by atoms with Crippen LogP contribution in [-0.4, -0.2) is 134 Å². The number of amides is 6. The Morgan fingerprint density at radius 3 is 2.18 bits per heavy atom. The minimum atomic E-state index is -1.52. The number of nitrogens with zero attached hydrogens (tertiary/aromatic N) is 3. The van der Waals surface area contributed by atoms with Gasteiger partial charge in [0.2, 0.25) is 35.4 Å². The highest BCUT2D eigenvalue weighted by Crippen LogP contribution is 2.35. The summed E-state index contributed by atoms with van der Waals surface area (Å²) in [4.78, 5) is 105. The zero-order valence-corrected chi connectivity index (χ0v) is 37.9. The van der Waals surface area contributed by atoms with Gasteiger partial charge in [0, 0.05) is 67.4 Å². The smallest absolute Gasteiger partial charge is 0.305 e. The van der Waals surface area contributed by atoms with E-state index in [1.165, 1.54) is 11.8 Å². The first-order chi connectivity index (χ1) is 28.3. The molecule has 0 saturated carbocycles. The third-order valence-electron chi connectivity index (χ3n) is 11.0. The fourth-order valence-electron chi connectivity index (χ4n) is 7.51. The van der Waals surface area contributed by atoms with Crippen LogP contribution in [-0.2, 0) is 50.8 Å². The second-order valence-electron chi connectivity index (χ2n) is 17.5. The van der Waals surface area contributed by atoms with Crippen molar-refractivity contribution >= 4 is 70.0 Å². The molecule has 1 unspecified atom stereocenters. The Morgan fingerprint density at radius 2 is 1.61 bits per heavy atom. The van der Waals surface area contributed by atoms with Crippen molar-refractivity contribution in [2.24, 2.45) is 18.4 Å². The van der Waals surface area contributed by atoms with Gasteiger partial charge in [-0.25, -0.2) is 0 Å². The number of aryl methyl sites for hydroxylation is 1. The molecule has 61 heavy (non-hydrogen) atoms. The summed E-state index contributed by atoms with van der Waals surface area (Å²) in [7, 11) is 5.25. The number of para-hydroxylation sites is 1. The zero-order chi connectivity index (χ0) is 46.1. The van der Waals surface area contributed by atoms with Crippen molar-refractivity contribution in [3.8, 4) is 0 Å². The molecule has 1 aromatic heterocycles. The molecule has 6 amide bonds. The van der Waals surface area contributed by atoms with Gasteiger partial charge < -0.3 is 40.9 Å². The summed E-state index contributed by atoms with van der Waals surface area (Å²) in [6, 6.07) is 4.05. The van der Waals surface area contributed by atoms with Gasteiger partial charge in [0.25, 0.3) is 0 Å². The maximum atomic E-state index is 14.4. The first kappa shape index (κ1) is 50.1. The molecule has 1 aliphatic heterocycles. The van der Waals surface area contributed by atoms with Gasteiger partial charge >= 0.3 is 11.9 Å². The summed E-state index contributed by atoms with van der Waals surface area (Å²) < 4.78 is 2.02. The summed E-state index contributed by atoms with van der Waals surface area (Å²) in [5.41, 5.74) is 0.643. The molecule has 0 bridgehead atoms. The number of likely N-dealkylation sites (tertiary alicyclic amines) is 1. The van der Waals surface area contributed by atoms with Gasteiger partial charge in [0.05, 0.1) is 30.2 Å². The van der Waals surface area contributed by atoms with Gasteiger partial charge in [-0.15, -0.1) is 11.8 Å². The maximum absolute atomic E-state index is 14.4. The van der Waals surface area contributed by atoms with Crippen molar-refractivity contribution in [1.82, 2.24) is 35.6 Å². The van der Waals surface area contributed by atoms with E-state index in [0.717, 1.165) is 33.1 Å². The van der Waals surface area contributed by atoms with E-state index in [9.17, 15) is 43.5 Å². The highest BCUT2D eigenvalue weighted by Gasteiger charge is 2.43. The number of fused-ring (bicyclic) bond motifs is 1. The molecule has 18 heteroatoms. The number of carbonyl (C=O) groups excluding carboxylic acids is 6. The fraction of sp³-hybridized carbons (Fsp3) is 0.581. The van der Waals surface area contributed by atoms with Crippen LogP contribution in [0.2, 0.25) is 0 Å². The lowest BCUT2D eigenvalue weighted by Crippen LogP contribution is -2.61. The Labute approximate surface area is 361 Å². The molecule has 336 valence electrons. The van der Waals surface area contributed by atoms with E-state index in [-0.39, 0.29) is 49.1 Å². The SMILES string of the molecule is CN[C@H](C(=O)N[C@H](C(=O)N(C)[C@H](/C=C(\C)C(=O)N[C@H](CC(=O)O)C(=O)NCCN1C(=O)CC(SCCC(=O)O)C1=O)C(C)C)C(C)(C)C)C(C)(C)c1cn(C)c2ccccc12. The van der Waals surface area contributed by atoms with Crippen LogP contribution in [0.1, 0.15) is 80.2 Å². The minimum absolute atomic E-state index is 0.102. The number of benzene rings is 1. The van der Waals surface area contributed by atoms with Crippen molar-refractivity contribution in [1.29, 1.82) is 0 Å². The summed E-state index contributed by atoms with van der Waals surface area (Å²) in [5.74, 6) is -5.83. The fourth-order valence-corrected chi connectivity index (χ4v) is 8.62. The topological polar surface area (TPSA) is 237 Å². The van der Waals surface area contributed by atoms with E-state index in [0.29, 0.717) is 0 Å². The molecule has 3 rings (SSSR count). The number of hydrogen-bond donors (Lipinski definition) is 6. The van der Waals surface area contributed by atoms with Crippen LogP contribution >= 0.6 is 11.8 Å². The lowest BCUT2D eigenvalue weighted by atomic mass is 9.76. The van der Waals surface area contributed by atoms with Crippen molar-refractivity contribution in [2.45, 2.75) is 109 Å². The number of nitrogens with one attached hydrogen (secondary N) is 4. The molecular weight excluding hydrogens is 807 g/mol. The van der Waals surface area contributed by atoms with Crippen molar-refractivity contribution in [3.05, 3.63) is 47.7 Å². The van der Waals surface area contributed by atoms with E-state index in [1.54, 1.807) is 20.2 Å². The Balaban J connectivity index is 1.74. The van der Waals surface area contributed by atoms with Crippen molar-refractivity contribution in [3.63, 3.8) is 0 Å². The van der Waals surface area contributed by atoms with Crippen molar-refractivity contribution < 1.29 is 48.6 Å². The van der Waals surface area contributed by atoms with Gasteiger partial charge in [-0.3, -0.25) is 43.3 Å². The van der Waals surface area contributed by atoms with Crippen LogP contribution < -0.4 is 21.3 Å². The van der Waals surface area contributed by atoms with Gasteiger partial charge in [-0.1, -0.05) is 72.7 Å². The zero-order valence-electron chi connectivity index (χ0n) is 37.1. The number of imide groups is 1. The maximum Gasteiger partial charge on any atom is 0.305 e. The van der Waals surface area contributed by atoms with Crippen LogP contribution in [0.5, 0.6) is 0 Å².